The van der Waals surface area contributed by atoms with Gasteiger partial charge in [0.05, 0.1) is 11.8 Å². The summed E-state index contributed by atoms with van der Waals surface area (Å²) in [7, 11) is 0. The first-order chi connectivity index (χ1) is 14.1. The van der Waals surface area contributed by atoms with Crippen LogP contribution in [0.2, 0.25) is 0 Å². The van der Waals surface area contributed by atoms with Gasteiger partial charge in [-0.2, -0.15) is 5.10 Å². The number of rotatable bonds is 3. The minimum atomic E-state index is -0.461. The van der Waals surface area contributed by atoms with Crippen molar-refractivity contribution in [1.29, 1.82) is 0 Å². The van der Waals surface area contributed by atoms with Crippen LogP contribution in [0.1, 0.15) is 49.8 Å². The molecule has 1 spiro atoms. The number of aromatic hydroxyl groups is 2. The zero-order chi connectivity index (χ0) is 20.0. The van der Waals surface area contributed by atoms with Gasteiger partial charge in [0, 0.05) is 43.5 Å². The average molecular weight is 393 g/mol. The van der Waals surface area contributed by atoms with Gasteiger partial charge < -0.3 is 19.8 Å². The molecule has 3 aliphatic rings. The van der Waals surface area contributed by atoms with Crippen molar-refractivity contribution in [2.24, 2.45) is 5.10 Å². The van der Waals surface area contributed by atoms with E-state index in [4.69, 9.17) is 9.84 Å². The van der Waals surface area contributed by atoms with Gasteiger partial charge in [0.25, 0.3) is 0 Å². The first-order valence-corrected chi connectivity index (χ1v) is 10.5. The second-order valence-corrected chi connectivity index (χ2v) is 8.24. The summed E-state index contributed by atoms with van der Waals surface area (Å²) in [5, 5.41) is 27.4. The van der Waals surface area contributed by atoms with E-state index in [2.05, 4.69) is 29.0 Å². The fraction of sp³-hybridized carbons (Fsp3) is 0.435. The molecule has 0 bridgehead atoms. The Labute approximate surface area is 171 Å². The highest BCUT2D eigenvalue weighted by Gasteiger charge is 2.51. The summed E-state index contributed by atoms with van der Waals surface area (Å²) < 4.78 is 6.62. The molecule has 2 aromatic carbocycles. The third-order valence-electron chi connectivity index (χ3n) is 6.37. The molecule has 0 saturated carbocycles. The predicted molar refractivity (Wildman–Crippen MR) is 111 cm³/mol. The second-order valence-electron chi connectivity index (χ2n) is 8.24. The Morgan fingerprint density at radius 1 is 1.14 bits per heavy atom. The van der Waals surface area contributed by atoms with Crippen LogP contribution in [-0.2, 0) is 0 Å². The first kappa shape index (κ1) is 18.3. The molecule has 152 valence electrons. The number of phenols is 2. The number of hydrogen-bond acceptors (Lipinski definition) is 6. The molecule has 2 aromatic rings. The molecule has 6 nitrogen and oxygen atoms in total. The highest BCUT2D eigenvalue weighted by atomic mass is 16.5. The van der Waals surface area contributed by atoms with Crippen molar-refractivity contribution in [3.8, 4) is 17.2 Å². The van der Waals surface area contributed by atoms with Crippen LogP contribution in [0.5, 0.6) is 17.2 Å². The highest BCUT2D eigenvalue weighted by molar-refractivity contribution is 6.04. The Morgan fingerprint density at radius 3 is 2.72 bits per heavy atom. The van der Waals surface area contributed by atoms with Crippen LogP contribution in [0, 0.1) is 0 Å². The number of benzene rings is 2. The molecular formula is C23H27N3O3. The van der Waals surface area contributed by atoms with E-state index in [1.54, 1.807) is 6.07 Å². The molecule has 0 unspecified atom stereocenters. The number of phenolic OH excluding ortho intramolecular Hbond substituents is 2. The second kappa shape index (κ2) is 6.95. The summed E-state index contributed by atoms with van der Waals surface area (Å²) in [6, 6.07) is 12.9. The highest BCUT2D eigenvalue weighted by Crippen LogP contribution is 2.50. The van der Waals surface area contributed by atoms with Crippen molar-refractivity contribution >= 4 is 5.71 Å². The lowest BCUT2D eigenvalue weighted by Gasteiger charge is -2.51. The monoisotopic (exact) mass is 393 g/mol. The van der Waals surface area contributed by atoms with Crippen LogP contribution in [0.15, 0.2) is 47.6 Å². The number of fused-ring (bicyclic) bond motifs is 4. The third kappa shape index (κ3) is 3.02. The zero-order valence-electron chi connectivity index (χ0n) is 16.7. The van der Waals surface area contributed by atoms with E-state index < -0.39 is 5.72 Å². The molecule has 0 radical (unpaired) electrons. The van der Waals surface area contributed by atoms with Gasteiger partial charge in [0.2, 0.25) is 5.72 Å². The summed E-state index contributed by atoms with van der Waals surface area (Å²) in [4.78, 5) is 2.49. The standard InChI is InChI=1S/C23H27N3O3/c1-2-11-25-12-9-23(10-13-25)26-20(17-5-3-4-6-22(17)29-23)15-19(24-26)18-14-16(27)7-8-21(18)28/h3-8,14,20,27-28H,2,9-13,15H2,1H3/t20-/m0/s1. The molecule has 1 saturated heterocycles. The number of nitrogens with zero attached hydrogens (tertiary/aromatic N) is 3. The van der Waals surface area contributed by atoms with Gasteiger partial charge in [0.1, 0.15) is 17.2 Å². The van der Waals surface area contributed by atoms with Gasteiger partial charge in [-0.05, 0) is 37.2 Å². The van der Waals surface area contributed by atoms with E-state index >= 15 is 0 Å². The fourth-order valence-electron chi connectivity index (χ4n) is 4.92. The van der Waals surface area contributed by atoms with E-state index in [0.717, 1.165) is 55.9 Å². The zero-order valence-corrected chi connectivity index (χ0v) is 16.7. The lowest BCUT2D eigenvalue weighted by molar-refractivity contribution is -0.149. The van der Waals surface area contributed by atoms with E-state index in [0.29, 0.717) is 12.0 Å². The molecular weight excluding hydrogens is 366 g/mol. The Bertz CT molecular complexity index is 950. The minimum absolute atomic E-state index is 0.0782. The van der Waals surface area contributed by atoms with E-state index in [9.17, 15) is 10.2 Å². The average Bonchev–Trinajstić information content (AvgIpc) is 3.18. The number of likely N-dealkylation sites (tertiary alicyclic amines) is 1. The normalized spacial score (nSPS) is 22.7. The van der Waals surface area contributed by atoms with Crippen LogP contribution < -0.4 is 4.74 Å². The lowest BCUT2D eigenvalue weighted by Crippen LogP contribution is -2.59. The maximum absolute atomic E-state index is 10.4. The summed E-state index contributed by atoms with van der Waals surface area (Å²) >= 11 is 0. The smallest absolute Gasteiger partial charge is 0.200 e. The quantitative estimate of drug-likeness (QED) is 0.776. The Kier molecular flexibility index (Phi) is 4.39. The van der Waals surface area contributed by atoms with Gasteiger partial charge in [-0.15, -0.1) is 0 Å². The predicted octanol–water partition coefficient (Wildman–Crippen LogP) is 3.84. The molecule has 0 amide bonds. The van der Waals surface area contributed by atoms with Gasteiger partial charge in [-0.1, -0.05) is 25.1 Å². The van der Waals surface area contributed by atoms with E-state index in [1.807, 2.05) is 12.1 Å². The molecule has 2 N–H and O–H groups in total. The van der Waals surface area contributed by atoms with Crippen molar-refractivity contribution in [3.05, 3.63) is 53.6 Å². The maximum atomic E-state index is 10.4. The molecule has 5 rings (SSSR count). The van der Waals surface area contributed by atoms with E-state index in [1.165, 1.54) is 12.1 Å². The van der Waals surface area contributed by atoms with E-state index in [-0.39, 0.29) is 17.5 Å². The SMILES string of the molecule is CCCN1CCC2(CC1)Oc1ccccc1[C@@H]1CC(c3cc(O)ccc3O)=NN12. The molecule has 1 fully saturated rings. The van der Waals surface area contributed by atoms with Crippen molar-refractivity contribution in [3.63, 3.8) is 0 Å². The van der Waals surface area contributed by atoms with Crippen LogP contribution >= 0.6 is 0 Å². The van der Waals surface area contributed by atoms with Crippen LogP contribution in [0.4, 0.5) is 0 Å². The van der Waals surface area contributed by atoms with Crippen LogP contribution in [-0.4, -0.2) is 51.2 Å². The summed E-state index contributed by atoms with van der Waals surface area (Å²) in [5.41, 5.74) is 2.05. The Balaban J connectivity index is 1.54. The third-order valence-corrected chi connectivity index (χ3v) is 6.37. The minimum Gasteiger partial charge on any atom is -0.508 e. The molecule has 1 atom stereocenters. The van der Waals surface area contributed by atoms with Crippen molar-refractivity contribution in [1.82, 2.24) is 9.91 Å². The number of hydrazone groups is 1. The van der Waals surface area contributed by atoms with Gasteiger partial charge in [-0.3, -0.25) is 0 Å². The Morgan fingerprint density at radius 2 is 1.93 bits per heavy atom. The first-order valence-electron chi connectivity index (χ1n) is 10.5. The number of hydrogen-bond donors (Lipinski definition) is 2. The molecule has 0 aromatic heterocycles. The van der Waals surface area contributed by atoms with Gasteiger partial charge in [0.15, 0.2) is 0 Å². The summed E-state index contributed by atoms with van der Waals surface area (Å²) in [5.74, 6) is 1.21. The van der Waals surface area contributed by atoms with Crippen molar-refractivity contribution in [2.75, 3.05) is 19.6 Å². The topological polar surface area (TPSA) is 68.5 Å². The molecule has 3 aliphatic heterocycles. The number of ether oxygens (including phenoxy) is 1. The molecule has 6 heteroatoms. The molecule has 29 heavy (non-hydrogen) atoms. The maximum Gasteiger partial charge on any atom is 0.200 e. The lowest BCUT2D eigenvalue weighted by atomic mass is 9.90. The summed E-state index contributed by atoms with van der Waals surface area (Å²) in [6.07, 6.45) is 3.61. The van der Waals surface area contributed by atoms with Crippen molar-refractivity contribution in [2.45, 2.75) is 44.4 Å². The summed E-state index contributed by atoms with van der Waals surface area (Å²) in [6.45, 7) is 5.30. The number of piperidine rings is 1. The van der Waals surface area contributed by atoms with Crippen LogP contribution in [0.25, 0.3) is 0 Å². The number of para-hydroxylation sites is 1. The molecule has 3 heterocycles. The van der Waals surface area contributed by atoms with Gasteiger partial charge in [-0.25, -0.2) is 5.01 Å². The molecule has 0 aliphatic carbocycles. The van der Waals surface area contributed by atoms with Gasteiger partial charge >= 0.3 is 0 Å². The van der Waals surface area contributed by atoms with Crippen LogP contribution in [0.3, 0.4) is 0 Å². The largest absolute Gasteiger partial charge is 0.508 e. The fourth-order valence-corrected chi connectivity index (χ4v) is 4.92. The van der Waals surface area contributed by atoms with Crippen molar-refractivity contribution < 1.29 is 14.9 Å². The Hall–Kier alpha value is -2.73.